The third-order valence-electron chi connectivity index (χ3n) is 3.99. The Bertz CT molecular complexity index is 893. The summed E-state index contributed by atoms with van der Waals surface area (Å²) in [6.07, 6.45) is 4.18. The van der Waals surface area contributed by atoms with Crippen LogP contribution in [0.4, 0.5) is 0 Å². The van der Waals surface area contributed by atoms with Gasteiger partial charge in [-0.15, -0.1) is 11.3 Å². The smallest absolute Gasteiger partial charge is 0.261 e. The van der Waals surface area contributed by atoms with E-state index < -0.39 is 0 Å². The van der Waals surface area contributed by atoms with E-state index in [1.807, 2.05) is 54.1 Å². The fourth-order valence-electron chi connectivity index (χ4n) is 2.52. The lowest BCUT2D eigenvalue weighted by Crippen LogP contribution is -2.24. The summed E-state index contributed by atoms with van der Waals surface area (Å²) in [6, 6.07) is 11.8. The molecule has 1 N–H and O–H groups in total. The van der Waals surface area contributed by atoms with Gasteiger partial charge in [0, 0.05) is 22.8 Å². The van der Waals surface area contributed by atoms with Crippen molar-refractivity contribution >= 4 is 28.8 Å². The zero-order valence-corrected chi connectivity index (χ0v) is 14.7. The molecule has 4 nitrogen and oxygen atoms in total. The molecule has 24 heavy (non-hydrogen) atoms. The van der Waals surface area contributed by atoms with Gasteiger partial charge in [-0.1, -0.05) is 23.7 Å². The minimum absolute atomic E-state index is 0.0180. The Balaban J connectivity index is 1.61. The summed E-state index contributed by atoms with van der Waals surface area (Å²) in [6.45, 7) is 1.96. The number of carbonyl (C=O) groups excluding carboxylic acids is 1. The molecule has 4 rings (SSSR count). The third-order valence-corrected chi connectivity index (χ3v) is 5.32. The SMILES string of the molecule is Cc1nc(-c2ccc(Cl)cc2)cn1-c1ccc(C(=O)NC2CC2)s1. The molecule has 0 atom stereocenters. The van der Waals surface area contributed by atoms with Crippen LogP contribution >= 0.6 is 22.9 Å². The molecule has 6 heteroatoms. The van der Waals surface area contributed by atoms with Crippen LogP contribution in [0, 0.1) is 6.92 Å². The minimum Gasteiger partial charge on any atom is -0.349 e. The molecule has 1 fully saturated rings. The Morgan fingerprint density at radius 1 is 1.25 bits per heavy atom. The number of nitrogens with one attached hydrogen (secondary N) is 1. The van der Waals surface area contributed by atoms with Crippen LogP contribution in [0.5, 0.6) is 0 Å². The van der Waals surface area contributed by atoms with Crippen LogP contribution < -0.4 is 5.32 Å². The second kappa shape index (κ2) is 6.07. The molecule has 1 aromatic carbocycles. The summed E-state index contributed by atoms with van der Waals surface area (Å²) < 4.78 is 2.02. The number of thiophene rings is 1. The maximum atomic E-state index is 12.1. The van der Waals surface area contributed by atoms with Gasteiger partial charge in [0.05, 0.1) is 10.6 Å². The highest BCUT2D eigenvalue weighted by Gasteiger charge is 2.24. The molecule has 0 saturated heterocycles. The molecule has 3 aromatic rings. The Morgan fingerprint density at radius 2 is 2.00 bits per heavy atom. The average molecular weight is 358 g/mol. The lowest BCUT2D eigenvalue weighted by molar-refractivity contribution is 0.0955. The summed E-state index contributed by atoms with van der Waals surface area (Å²) >= 11 is 7.42. The fourth-order valence-corrected chi connectivity index (χ4v) is 3.58. The number of carbonyl (C=O) groups is 1. The van der Waals surface area contributed by atoms with Gasteiger partial charge in [-0.05, 0) is 44.0 Å². The predicted molar refractivity (Wildman–Crippen MR) is 97.1 cm³/mol. The summed E-state index contributed by atoms with van der Waals surface area (Å²) in [5.74, 6) is 0.903. The first-order valence-electron chi connectivity index (χ1n) is 7.83. The molecular formula is C18H16ClN3OS. The van der Waals surface area contributed by atoms with Crippen molar-refractivity contribution in [2.75, 3.05) is 0 Å². The lowest BCUT2D eigenvalue weighted by atomic mass is 10.2. The quantitative estimate of drug-likeness (QED) is 0.749. The van der Waals surface area contributed by atoms with E-state index in [4.69, 9.17) is 11.6 Å². The van der Waals surface area contributed by atoms with Gasteiger partial charge in [-0.2, -0.15) is 0 Å². The van der Waals surface area contributed by atoms with Gasteiger partial charge in [0.15, 0.2) is 0 Å². The zero-order valence-electron chi connectivity index (χ0n) is 13.1. The van der Waals surface area contributed by atoms with Crippen LogP contribution in [0.15, 0.2) is 42.6 Å². The first-order valence-corrected chi connectivity index (χ1v) is 9.02. The molecule has 2 aromatic heterocycles. The molecule has 1 aliphatic carbocycles. The van der Waals surface area contributed by atoms with Gasteiger partial charge in [0.25, 0.3) is 5.91 Å². The second-order valence-corrected chi connectivity index (χ2v) is 7.43. The standard InChI is InChI=1S/C18H16ClN3OS/c1-11-20-15(12-2-4-13(19)5-3-12)10-22(11)17-9-8-16(24-17)18(23)21-14-6-7-14/h2-5,8-10,14H,6-7H2,1H3,(H,21,23). The maximum Gasteiger partial charge on any atom is 0.261 e. The van der Waals surface area contributed by atoms with Gasteiger partial charge >= 0.3 is 0 Å². The number of amides is 1. The van der Waals surface area contributed by atoms with Crippen molar-refractivity contribution in [1.29, 1.82) is 0 Å². The molecule has 1 aliphatic rings. The zero-order chi connectivity index (χ0) is 16.7. The second-order valence-electron chi connectivity index (χ2n) is 5.94. The lowest BCUT2D eigenvalue weighted by Gasteiger charge is -2.01. The van der Waals surface area contributed by atoms with E-state index >= 15 is 0 Å². The van der Waals surface area contributed by atoms with Crippen molar-refractivity contribution in [3.05, 3.63) is 58.3 Å². The van der Waals surface area contributed by atoms with Gasteiger partial charge in [0.2, 0.25) is 0 Å². The topological polar surface area (TPSA) is 46.9 Å². The molecule has 0 unspecified atom stereocenters. The number of aryl methyl sites for hydroxylation is 1. The van der Waals surface area contributed by atoms with Crippen molar-refractivity contribution in [2.45, 2.75) is 25.8 Å². The first kappa shape index (κ1) is 15.4. The number of imidazole rings is 1. The molecular weight excluding hydrogens is 342 g/mol. The molecule has 0 radical (unpaired) electrons. The highest BCUT2D eigenvalue weighted by molar-refractivity contribution is 7.16. The average Bonchev–Trinajstić information content (AvgIpc) is 3.10. The van der Waals surface area contributed by atoms with Crippen molar-refractivity contribution in [2.24, 2.45) is 0 Å². The number of aromatic nitrogens is 2. The van der Waals surface area contributed by atoms with Gasteiger partial charge < -0.3 is 5.32 Å². The number of hydrogen-bond acceptors (Lipinski definition) is 3. The van der Waals surface area contributed by atoms with Crippen LogP contribution in [0.3, 0.4) is 0 Å². The Labute approximate surface area is 149 Å². The van der Waals surface area contributed by atoms with Crippen molar-refractivity contribution in [3.8, 4) is 16.3 Å². The maximum absolute atomic E-state index is 12.1. The number of hydrogen-bond donors (Lipinski definition) is 1. The van der Waals surface area contributed by atoms with Gasteiger partial charge in [-0.25, -0.2) is 4.98 Å². The highest BCUT2D eigenvalue weighted by Crippen LogP contribution is 2.27. The molecule has 0 spiro atoms. The highest BCUT2D eigenvalue weighted by atomic mass is 35.5. The number of halogens is 1. The Hall–Kier alpha value is -2.11. The minimum atomic E-state index is 0.0180. The molecule has 1 saturated carbocycles. The van der Waals surface area contributed by atoms with Crippen LogP contribution in [0.1, 0.15) is 28.3 Å². The first-order chi connectivity index (χ1) is 11.6. The molecule has 2 heterocycles. The van der Waals surface area contributed by atoms with Crippen molar-refractivity contribution < 1.29 is 4.79 Å². The largest absolute Gasteiger partial charge is 0.349 e. The van der Waals surface area contributed by atoms with Crippen LogP contribution in [0.25, 0.3) is 16.3 Å². The van der Waals surface area contributed by atoms with E-state index in [1.54, 1.807) is 0 Å². The molecule has 0 bridgehead atoms. The number of benzene rings is 1. The third kappa shape index (κ3) is 3.09. The predicted octanol–water partition coefficient (Wildman–Crippen LogP) is 4.45. The van der Waals surface area contributed by atoms with Crippen LogP contribution in [-0.2, 0) is 0 Å². The fraction of sp³-hybridized carbons (Fsp3) is 0.222. The molecule has 0 aliphatic heterocycles. The monoisotopic (exact) mass is 357 g/mol. The van der Waals surface area contributed by atoms with Crippen LogP contribution in [-0.4, -0.2) is 21.5 Å². The Morgan fingerprint density at radius 3 is 2.71 bits per heavy atom. The Kier molecular flexibility index (Phi) is 3.90. The van der Waals surface area contributed by atoms with Gasteiger partial charge in [-0.3, -0.25) is 9.36 Å². The molecule has 1 amide bonds. The van der Waals surface area contributed by atoms with Crippen molar-refractivity contribution in [3.63, 3.8) is 0 Å². The van der Waals surface area contributed by atoms with E-state index in [2.05, 4.69) is 10.3 Å². The molecule has 122 valence electrons. The summed E-state index contributed by atoms with van der Waals surface area (Å²) in [5.41, 5.74) is 1.91. The van der Waals surface area contributed by atoms with E-state index in [0.717, 1.165) is 39.8 Å². The summed E-state index contributed by atoms with van der Waals surface area (Å²) in [5, 5.41) is 4.72. The van der Waals surface area contributed by atoms with E-state index in [1.165, 1.54) is 11.3 Å². The van der Waals surface area contributed by atoms with E-state index in [0.29, 0.717) is 11.1 Å². The summed E-state index contributed by atoms with van der Waals surface area (Å²) in [4.78, 5) is 17.5. The normalized spacial score (nSPS) is 13.9. The van der Waals surface area contributed by atoms with Gasteiger partial charge in [0.1, 0.15) is 10.8 Å². The van der Waals surface area contributed by atoms with E-state index in [-0.39, 0.29) is 5.91 Å². The van der Waals surface area contributed by atoms with Crippen LogP contribution in [0.2, 0.25) is 5.02 Å². The number of rotatable bonds is 4. The summed E-state index contributed by atoms with van der Waals surface area (Å²) in [7, 11) is 0. The van der Waals surface area contributed by atoms with Crippen molar-refractivity contribution in [1.82, 2.24) is 14.9 Å². The van der Waals surface area contributed by atoms with E-state index in [9.17, 15) is 4.79 Å². The number of nitrogens with zero attached hydrogens (tertiary/aromatic N) is 2.